The normalized spacial score (nSPS) is 12.5. The predicted octanol–water partition coefficient (Wildman–Crippen LogP) is 0.143. The van der Waals surface area contributed by atoms with Gasteiger partial charge in [-0.05, 0) is 19.8 Å². The quantitative estimate of drug-likeness (QED) is 0.464. The van der Waals surface area contributed by atoms with Gasteiger partial charge in [0.25, 0.3) is 0 Å². The van der Waals surface area contributed by atoms with Gasteiger partial charge in [0.15, 0.2) is 0 Å². The highest BCUT2D eigenvalue weighted by atomic mass is 16.4. The van der Waals surface area contributed by atoms with Crippen LogP contribution in [0.1, 0.15) is 46.0 Å². The van der Waals surface area contributed by atoms with Crippen molar-refractivity contribution in [3.8, 4) is 0 Å². The smallest absolute Gasteiger partial charge is 0.104 e. The maximum Gasteiger partial charge on any atom is 0.104 e. The Kier molecular flexibility index (Phi) is 13.5. The third-order valence-electron chi connectivity index (χ3n) is 2.70. The summed E-state index contributed by atoms with van der Waals surface area (Å²) in [6.07, 6.45) is 4.00. The molecule has 0 rings (SSSR count). The van der Waals surface area contributed by atoms with Crippen molar-refractivity contribution in [2.45, 2.75) is 52.1 Å². The maximum atomic E-state index is 9.85. The molecule has 5 nitrogen and oxygen atoms in total. The molecular weight excluding hydrogens is 246 g/mol. The molecule has 19 heavy (non-hydrogen) atoms. The Morgan fingerprint density at radius 2 is 1.84 bits per heavy atom. The monoisotopic (exact) mass is 277 g/mol. The molecule has 0 fully saturated rings. The van der Waals surface area contributed by atoms with Crippen LogP contribution in [0.5, 0.6) is 0 Å². The van der Waals surface area contributed by atoms with Gasteiger partial charge in [0.2, 0.25) is 0 Å². The first-order chi connectivity index (χ1) is 8.75. The highest BCUT2D eigenvalue weighted by Crippen LogP contribution is 2.00. The average Bonchev–Trinajstić information content (AvgIpc) is 2.23. The van der Waals surface area contributed by atoms with Crippen LogP contribution >= 0.6 is 0 Å². The van der Waals surface area contributed by atoms with Gasteiger partial charge in [0.1, 0.15) is 19.2 Å². The molecule has 0 aromatic rings. The summed E-state index contributed by atoms with van der Waals surface area (Å²) in [7, 11) is 3.98. The molecule has 0 heterocycles. The third-order valence-corrected chi connectivity index (χ3v) is 2.70. The van der Waals surface area contributed by atoms with Crippen molar-refractivity contribution >= 4 is 5.97 Å². The Balaban J connectivity index is 0. The molecular formula is C14H31NO4. The summed E-state index contributed by atoms with van der Waals surface area (Å²) in [5.41, 5.74) is 0. The van der Waals surface area contributed by atoms with Crippen LogP contribution in [-0.2, 0) is 4.79 Å². The molecule has 5 heteroatoms. The lowest BCUT2D eigenvalue weighted by atomic mass is 10.2. The molecule has 0 aliphatic carbocycles. The van der Waals surface area contributed by atoms with Gasteiger partial charge in [0.05, 0.1) is 20.7 Å². The van der Waals surface area contributed by atoms with Crippen molar-refractivity contribution in [1.29, 1.82) is 0 Å². The van der Waals surface area contributed by atoms with Gasteiger partial charge < -0.3 is 24.6 Å². The summed E-state index contributed by atoms with van der Waals surface area (Å²) in [5, 5.41) is 27.5. The van der Waals surface area contributed by atoms with Crippen LogP contribution in [0.3, 0.4) is 0 Å². The van der Waals surface area contributed by atoms with E-state index >= 15 is 0 Å². The van der Waals surface area contributed by atoms with E-state index in [0.29, 0.717) is 17.6 Å². The Morgan fingerprint density at radius 3 is 2.21 bits per heavy atom. The molecule has 0 aliphatic rings. The van der Waals surface area contributed by atoms with Crippen molar-refractivity contribution in [2.24, 2.45) is 0 Å². The number of aliphatic carboxylic acids is 1. The highest BCUT2D eigenvalue weighted by molar-refractivity contribution is 5.63. The highest BCUT2D eigenvalue weighted by Gasteiger charge is 2.16. The largest absolute Gasteiger partial charge is 0.550 e. The first-order valence-corrected chi connectivity index (χ1v) is 7.06. The van der Waals surface area contributed by atoms with Gasteiger partial charge in [0, 0.05) is 5.97 Å². The lowest BCUT2D eigenvalue weighted by Crippen LogP contribution is -2.46. The minimum atomic E-state index is -0.925. The van der Waals surface area contributed by atoms with E-state index in [9.17, 15) is 9.90 Å². The summed E-state index contributed by atoms with van der Waals surface area (Å²) in [4.78, 5) is 9.85. The fourth-order valence-electron chi connectivity index (χ4n) is 1.77. The molecule has 0 amide bonds. The number of carbonyl (C=O) groups is 1. The Bertz CT molecular complexity index is 217. The number of nitrogens with zero attached hydrogens (tertiary/aromatic N) is 1. The van der Waals surface area contributed by atoms with Crippen molar-refractivity contribution in [2.75, 3.05) is 33.8 Å². The molecule has 0 aromatic carbocycles. The second kappa shape index (κ2) is 12.4. The van der Waals surface area contributed by atoms with E-state index in [1.807, 2.05) is 14.1 Å². The summed E-state index contributed by atoms with van der Waals surface area (Å²) in [6, 6.07) is 0. The van der Waals surface area contributed by atoms with Gasteiger partial charge in [-0.15, -0.1) is 0 Å². The number of unbranched alkanes of at least 4 members (excludes halogenated alkanes) is 3. The fraction of sp³-hybridized carbons (Fsp3) is 0.929. The second-order valence-electron chi connectivity index (χ2n) is 5.60. The van der Waals surface area contributed by atoms with Crippen LogP contribution in [0.25, 0.3) is 0 Å². The lowest BCUT2D eigenvalue weighted by Gasteiger charge is -2.29. The van der Waals surface area contributed by atoms with Crippen LogP contribution in [-0.4, -0.2) is 60.6 Å². The molecule has 0 saturated heterocycles. The van der Waals surface area contributed by atoms with E-state index in [2.05, 4.69) is 6.92 Å². The van der Waals surface area contributed by atoms with Crippen LogP contribution in [0.2, 0.25) is 0 Å². The third kappa shape index (κ3) is 19.9. The zero-order valence-electron chi connectivity index (χ0n) is 12.9. The molecule has 2 N–H and O–H groups in total. The number of carboxylic acid groups (broad SMARTS) is 1. The van der Waals surface area contributed by atoms with Crippen LogP contribution in [0, 0.1) is 0 Å². The summed E-state index contributed by atoms with van der Waals surface area (Å²) in [5.74, 6) is -0.925. The van der Waals surface area contributed by atoms with E-state index in [1.54, 1.807) is 6.92 Å². The SMILES string of the molecule is CC(O)C[N+](C)(C)CCO.CCCCCCC(=O)[O-]. The van der Waals surface area contributed by atoms with Crippen LogP contribution < -0.4 is 5.11 Å². The summed E-state index contributed by atoms with van der Waals surface area (Å²) >= 11 is 0. The molecule has 0 aliphatic heterocycles. The number of aliphatic hydroxyl groups is 2. The van der Waals surface area contributed by atoms with E-state index in [0.717, 1.165) is 25.7 Å². The molecule has 0 aromatic heterocycles. The molecule has 0 saturated carbocycles. The van der Waals surface area contributed by atoms with E-state index in [4.69, 9.17) is 10.2 Å². The number of aliphatic hydroxyl groups excluding tert-OH is 2. The summed E-state index contributed by atoms with van der Waals surface area (Å²) < 4.78 is 0.675. The van der Waals surface area contributed by atoms with Gasteiger partial charge in [-0.1, -0.05) is 26.2 Å². The zero-order chi connectivity index (χ0) is 15.3. The standard InChI is InChI=1S/C7H18NO2.C7H14O2/c1-7(10)6-8(2,3)4-5-9;1-2-3-4-5-6-7(8)9/h7,9-10H,4-6H2,1-3H3;2-6H2,1H3,(H,8,9)/q+1;/p-1. The lowest BCUT2D eigenvalue weighted by molar-refractivity contribution is -0.893. The summed E-state index contributed by atoms with van der Waals surface area (Å²) in [6.45, 7) is 5.43. The fourth-order valence-corrected chi connectivity index (χ4v) is 1.77. The van der Waals surface area contributed by atoms with Crippen molar-refractivity contribution in [1.82, 2.24) is 0 Å². The number of quaternary nitrogens is 1. The van der Waals surface area contributed by atoms with Crippen molar-refractivity contribution in [3.63, 3.8) is 0 Å². The van der Waals surface area contributed by atoms with Crippen LogP contribution in [0.4, 0.5) is 0 Å². The van der Waals surface area contributed by atoms with Gasteiger partial charge in [-0.3, -0.25) is 0 Å². The molecule has 1 atom stereocenters. The zero-order valence-corrected chi connectivity index (χ0v) is 12.9. The van der Waals surface area contributed by atoms with E-state index in [1.165, 1.54) is 0 Å². The van der Waals surface area contributed by atoms with Crippen molar-refractivity contribution in [3.05, 3.63) is 0 Å². The maximum absolute atomic E-state index is 9.85. The molecule has 116 valence electrons. The van der Waals surface area contributed by atoms with Gasteiger partial charge in [-0.2, -0.15) is 0 Å². The number of hydrogen-bond donors (Lipinski definition) is 2. The molecule has 0 radical (unpaired) electrons. The number of carbonyl (C=O) groups excluding carboxylic acids is 1. The first-order valence-electron chi connectivity index (χ1n) is 7.06. The molecule has 0 spiro atoms. The van der Waals surface area contributed by atoms with Crippen molar-refractivity contribution < 1.29 is 24.6 Å². The predicted molar refractivity (Wildman–Crippen MR) is 74.4 cm³/mol. The second-order valence-corrected chi connectivity index (χ2v) is 5.60. The minimum absolute atomic E-state index is 0.180. The van der Waals surface area contributed by atoms with Crippen LogP contribution in [0.15, 0.2) is 0 Å². The Morgan fingerprint density at radius 1 is 1.26 bits per heavy atom. The topological polar surface area (TPSA) is 80.6 Å². The first kappa shape index (κ1) is 20.7. The number of carboxylic acids is 1. The molecule has 0 bridgehead atoms. The average molecular weight is 277 g/mol. The molecule has 1 unspecified atom stereocenters. The number of hydrogen-bond acceptors (Lipinski definition) is 4. The van der Waals surface area contributed by atoms with Gasteiger partial charge >= 0.3 is 0 Å². The van der Waals surface area contributed by atoms with E-state index < -0.39 is 5.97 Å². The number of rotatable bonds is 9. The Hall–Kier alpha value is -0.650. The van der Waals surface area contributed by atoms with Gasteiger partial charge in [-0.25, -0.2) is 0 Å². The minimum Gasteiger partial charge on any atom is -0.550 e. The Labute approximate surface area is 117 Å². The number of likely N-dealkylation sites (N-methyl/N-ethyl adjacent to an activating group) is 1. The van der Waals surface area contributed by atoms with E-state index in [-0.39, 0.29) is 19.1 Å².